The van der Waals surface area contributed by atoms with Crippen molar-refractivity contribution < 1.29 is 5.21 Å². The Morgan fingerprint density at radius 1 is 1.62 bits per heavy atom. The molecule has 1 rings (SSSR count). The quantitative estimate of drug-likeness (QED) is 0.541. The summed E-state index contributed by atoms with van der Waals surface area (Å²) in [5.41, 5.74) is 2.70. The monoisotopic (exact) mass is 115 g/mol. The normalized spacial score (nSPS) is 23.2. The van der Waals surface area contributed by atoms with E-state index >= 15 is 0 Å². The molecule has 0 amide bonds. The van der Waals surface area contributed by atoms with Crippen LogP contribution in [-0.2, 0) is 0 Å². The minimum Gasteiger partial charge on any atom is -0.317 e. The van der Waals surface area contributed by atoms with Crippen molar-refractivity contribution in [3.8, 4) is 0 Å². The van der Waals surface area contributed by atoms with Crippen molar-refractivity contribution in [2.75, 3.05) is 6.54 Å². The van der Waals surface area contributed by atoms with Gasteiger partial charge in [-0.1, -0.05) is 6.92 Å². The molecule has 2 N–H and O–H groups in total. The van der Waals surface area contributed by atoms with Gasteiger partial charge in [-0.25, -0.2) is 5.48 Å². The third-order valence-corrected chi connectivity index (χ3v) is 2.16. The summed E-state index contributed by atoms with van der Waals surface area (Å²) in [5.74, 6) is 0. The Labute approximate surface area is 49.9 Å². The van der Waals surface area contributed by atoms with E-state index in [9.17, 15) is 0 Å². The molecule has 0 atom stereocenters. The minimum atomic E-state index is 0.481. The van der Waals surface area contributed by atoms with Crippen LogP contribution in [0.4, 0.5) is 0 Å². The van der Waals surface area contributed by atoms with Crippen molar-refractivity contribution in [3.05, 3.63) is 0 Å². The third kappa shape index (κ3) is 1.01. The molecule has 1 saturated carbocycles. The molecule has 0 radical (unpaired) electrons. The molecular formula is C6H13NO. The highest BCUT2D eigenvalue weighted by molar-refractivity contribution is 4.92. The summed E-state index contributed by atoms with van der Waals surface area (Å²) in [5, 5.41) is 8.32. The SMILES string of the molecule is CCC1(CNO)CC1. The second-order valence-electron chi connectivity index (χ2n) is 2.69. The lowest BCUT2D eigenvalue weighted by atomic mass is 10.1. The van der Waals surface area contributed by atoms with Crippen molar-refractivity contribution in [1.29, 1.82) is 0 Å². The van der Waals surface area contributed by atoms with Crippen molar-refractivity contribution in [1.82, 2.24) is 5.48 Å². The van der Waals surface area contributed by atoms with E-state index in [0.29, 0.717) is 5.41 Å². The van der Waals surface area contributed by atoms with Crippen molar-refractivity contribution in [2.24, 2.45) is 5.41 Å². The minimum absolute atomic E-state index is 0.481. The molecule has 0 unspecified atom stereocenters. The largest absolute Gasteiger partial charge is 0.317 e. The number of hydrogen-bond donors (Lipinski definition) is 2. The predicted molar refractivity (Wildman–Crippen MR) is 31.7 cm³/mol. The number of nitrogens with one attached hydrogen (secondary N) is 1. The molecule has 0 aromatic heterocycles. The molecule has 0 aromatic carbocycles. The number of hydrogen-bond acceptors (Lipinski definition) is 2. The Hall–Kier alpha value is -0.0800. The molecule has 1 aliphatic carbocycles. The van der Waals surface area contributed by atoms with Gasteiger partial charge in [0.1, 0.15) is 0 Å². The van der Waals surface area contributed by atoms with Gasteiger partial charge in [-0.3, -0.25) is 0 Å². The first-order chi connectivity index (χ1) is 3.83. The van der Waals surface area contributed by atoms with Crippen LogP contribution < -0.4 is 5.48 Å². The van der Waals surface area contributed by atoms with Crippen LogP contribution in [0, 0.1) is 5.41 Å². The molecule has 1 aliphatic rings. The highest BCUT2D eigenvalue weighted by Gasteiger charge is 2.39. The molecule has 8 heavy (non-hydrogen) atoms. The molecule has 0 aromatic rings. The summed E-state index contributed by atoms with van der Waals surface area (Å²) in [6.07, 6.45) is 3.77. The van der Waals surface area contributed by atoms with E-state index in [2.05, 4.69) is 12.4 Å². The molecule has 48 valence electrons. The van der Waals surface area contributed by atoms with Crippen LogP contribution in [0.3, 0.4) is 0 Å². The summed E-state index contributed by atoms with van der Waals surface area (Å²) >= 11 is 0. The summed E-state index contributed by atoms with van der Waals surface area (Å²) in [6, 6.07) is 0. The van der Waals surface area contributed by atoms with E-state index in [1.807, 2.05) is 0 Å². The van der Waals surface area contributed by atoms with Crippen molar-refractivity contribution >= 4 is 0 Å². The van der Waals surface area contributed by atoms with Gasteiger partial charge in [0.25, 0.3) is 0 Å². The maximum atomic E-state index is 8.32. The van der Waals surface area contributed by atoms with E-state index in [1.54, 1.807) is 0 Å². The van der Waals surface area contributed by atoms with E-state index in [1.165, 1.54) is 19.3 Å². The number of rotatable bonds is 3. The zero-order valence-corrected chi connectivity index (χ0v) is 5.28. The molecule has 0 heterocycles. The van der Waals surface area contributed by atoms with E-state index < -0.39 is 0 Å². The van der Waals surface area contributed by atoms with E-state index in [0.717, 1.165) is 6.54 Å². The van der Waals surface area contributed by atoms with Gasteiger partial charge in [0.15, 0.2) is 0 Å². The Morgan fingerprint density at radius 3 is 2.38 bits per heavy atom. The van der Waals surface area contributed by atoms with Gasteiger partial charge in [-0.15, -0.1) is 0 Å². The average molecular weight is 115 g/mol. The first kappa shape index (κ1) is 6.05. The summed E-state index contributed by atoms with van der Waals surface area (Å²) in [7, 11) is 0. The molecule has 1 fully saturated rings. The molecule has 0 aliphatic heterocycles. The lowest BCUT2D eigenvalue weighted by molar-refractivity contribution is 0.142. The van der Waals surface area contributed by atoms with Gasteiger partial charge in [-0.2, -0.15) is 0 Å². The van der Waals surface area contributed by atoms with Gasteiger partial charge >= 0.3 is 0 Å². The first-order valence-electron chi connectivity index (χ1n) is 3.20. The fourth-order valence-corrected chi connectivity index (χ4v) is 1.000. The molecule has 0 bridgehead atoms. The standard InChI is InChI=1S/C6H13NO/c1-2-6(3-4-6)5-7-8/h7-8H,2-5H2,1H3. The van der Waals surface area contributed by atoms with Crippen LogP contribution in [0.25, 0.3) is 0 Å². The zero-order chi connectivity index (χ0) is 6.04. The van der Waals surface area contributed by atoms with Gasteiger partial charge in [0.2, 0.25) is 0 Å². The van der Waals surface area contributed by atoms with Crippen LogP contribution >= 0.6 is 0 Å². The maximum absolute atomic E-state index is 8.32. The lowest BCUT2D eigenvalue weighted by Gasteiger charge is -2.08. The third-order valence-electron chi connectivity index (χ3n) is 2.16. The van der Waals surface area contributed by atoms with Crippen LogP contribution in [0.5, 0.6) is 0 Å². The van der Waals surface area contributed by atoms with Crippen LogP contribution in [0.1, 0.15) is 26.2 Å². The van der Waals surface area contributed by atoms with Crippen molar-refractivity contribution in [3.63, 3.8) is 0 Å². The molecule has 2 heteroatoms. The second-order valence-corrected chi connectivity index (χ2v) is 2.69. The maximum Gasteiger partial charge on any atom is 0.0263 e. The smallest absolute Gasteiger partial charge is 0.0263 e. The first-order valence-corrected chi connectivity index (χ1v) is 3.20. The number of hydroxylamine groups is 1. The van der Waals surface area contributed by atoms with Gasteiger partial charge in [-0.05, 0) is 24.7 Å². The Balaban J connectivity index is 2.20. The molecule has 2 nitrogen and oxygen atoms in total. The van der Waals surface area contributed by atoms with Crippen LogP contribution in [0.15, 0.2) is 0 Å². The summed E-state index contributed by atoms with van der Waals surface area (Å²) < 4.78 is 0. The van der Waals surface area contributed by atoms with Gasteiger partial charge in [0.05, 0.1) is 0 Å². The second kappa shape index (κ2) is 2.03. The highest BCUT2D eigenvalue weighted by Crippen LogP contribution is 2.47. The van der Waals surface area contributed by atoms with E-state index in [-0.39, 0.29) is 0 Å². The van der Waals surface area contributed by atoms with Crippen LogP contribution in [-0.4, -0.2) is 11.8 Å². The molecule has 0 spiro atoms. The van der Waals surface area contributed by atoms with Crippen LogP contribution in [0.2, 0.25) is 0 Å². The Morgan fingerprint density at radius 2 is 2.25 bits per heavy atom. The summed E-state index contributed by atoms with van der Waals surface area (Å²) in [6.45, 7) is 2.95. The van der Waals surface area contributed by atoms with Gasteiger partial charge in [0, 0.05) is 6.54 Å². The predicted octanol–water partition coefficient (Wildman–Crippen LogP) is 1.16. The lowest BCUT2D eigenvalue weighted by Crippen LogP contribution is -2.19. The fraction of sp³-hybridized carbons (Fsp3) is 1.00. The molecular weight excluding hydrogens is 102 g/mol. The fourth-order valence-electron chi connectivity index (χ4n) is 1.000. The van der Waals surface area contributed by atoms with Crippen molar-refractivity contribution in [2.45, 2.75) is 26.2 Å². The van der Waals surface area contributed by atoms with E-state index in [4.69, 9.17) is 5.21 Å². The Kier molecular flexibility index (Phi) is 1.54. The average Bonchev–Trinajstić information content (AvgIpc) is 2.50. The summed E-state index contributed by atoms with van der Waals surface area (Å²) in [4.78, 5) is 0. The Bertz CT molecular complexity index is 78.6. The molecule has 0 saturated heterocycles. The van der Waals surface area contributed by atoms with Gasteiger partial charge < -0.3 is 5.21 Å². The zero-order valence-electron chi connectivity index (χ0n) is 5.28. The highest BCUT2D eigenvalue weighted by atomic mass is 16.5. The topological polar surface area (TPSA) is 32.3 Å².